The number of carbonyl (C=O) groups excluding carboxylic acids is 4. The molecule has 1 atom stereocenters. The van der Waals surface area contributed by atoms with Crippen molar-refractivity contribution in [3.8, 4) is 6.07 Å². The van der Waals surface area contributed by atoms with Crippen LogP contribution in [0.1, 0.15) is 59.6 Å². The second kappa shape index (κ2) is 16.7. The molecule has 4 aromatic rings. The van der Waals surface area contributed by atoms with E-state index in [9.17, 15) is 24.4 Å². The van der Waals surface area contributed by atoms with Crippen LogP contribution in [-0.4, -0.2) is 46.1 Å². The van der Waals surface area contributed by atoms with E-state index in [0.717, 1.165) is 10.4 Å². The second-order valence-electron chi connectivity index (χ2n) is 12.7. The summed E-state index contributed by atoms with van der Waals surface area (Å²) in [5.74, 6) is -1.44. The van der Waals surface area contributed by atoms with Crippen LogP contribution in [0, 0.1) is 11.3 Å². The number of fused-ring (bicyclic) bond motifs is 1. The van der Waals surface area contributed by atoms with E-state index in [1.54, 1.807) is 105 Å². The van der Waals surface area contributed by atoms with E-state index in [0.29, 0.717) is 61.8 Å². The topological polar surface area (TPSA) is 141 Å². The fraction of sp³-hybridized carbons (Fsp3) is 0.237. The lowest BCUT2D eigenvalue weighted by Gasteiger charge is -2.29. The predicted molar refractivity (Wildman–Crippen MR) is 207 cm³/mol. The van der Waals surface area contributed by atoms with Crippen molar-refractivity contribution >= 4 is 86.9 Å². The number of nitrogens with zero attached hydrogens (tertiary/aromatic N) is 2. The first kappa shape index (κ1) is 38.4. The van der Waals surface area contributed by atoms with Crippen molar-refractivity contribution in [2.24, 2.45) is 0 Å². The van der Waals surface area contributed by atoms with E-state index in [4.69, 9.17) is 27.9 Å². The van der Waals surface area contributed by atoms with Gasteiger partial charge in [-0.25, -0.2) is 4.79 Å². The Bertz CT molecular complexity index is 2070. The SMILES string of the molecule is CC(Sc1cccc(NC(=O)/C(=C\c2c(Cl)cccc2Cl)NC(=O)c2ccccc2)c1)C(=O)Nc1sc2c(c1C#N)CCN(C(=O)OC(C)(C)C)C2. The van der Waals surface area contributed by atoms with Crippen LogP contribution in [0.25, 0.3) is 6.08 Å². The molecule has 10 nitrogen and oxygen atoms in total. The van der Waals surface area contributed by atoms with E-state index in [2.05, 4.69) is 22.0 Å². The summed E-state index contributed by atoms with van der Waals surface area (Å²) in [7, 11) is 0. The number of carbonyl (C=O) groups is 4. The number of rotatable bonds is 9. The van der Waals surface area contributed by atoms with Gasteiger partial charge in [0, 0.05) is 43.2 Å². The summed E-state index contributed by atoms with van der Waals surface area (Å²) in [5.41, 5.74) is 1.65. The molecule has 3 aromatic carbocycles. The number of anilines is 2. The third-order valence-electron chi connectivity index (χ3n) is 7.65. The first-order valence-electron chi connectivity index (χ1n) is 16.2. The molecule has 1 unspecified atom stereocenters. The number of thiophene rings is 1. The zero-order valence-corrected chi connectivity index (χ0v) is 31.9. The Morgan fingerprint density at radius 2 is 1.69 bits per heavy atom. The summed E-state index contributed by atoms with van der Waals surface area (Å²) >= 11 is 15.3. The molecule has 0 bridgehead atoms. The molecule has 14 heteroatoms. The van der Waals surface area contributed by atoms with Crippen LogP contribution in [-0.2, 0) is 27.3 Å². The summed E-state index contributed by atoms with van der Waals surface area (Å²) in [6.45, 7) is 7.86. The van der Waals surface area contributed by atoms with Crippen molar-refractivity contribution in [2.75, 3.05) is 17.2 Å². The van der Waals surface area contributed by atoms with Crippen LogP contribution in [0.15, 0.2) is 83.4 Å². The van der Waals surface area contributed by atoms with Gasteiger partial charge in [0.15, 0.2) is 0 Å². The molecule has 1 aliphatic rings. The number of hydrogen-bond donors (Lipinski definition) is 3. The van der Waals surface area contributed by atoms with E-state index < -0.39 is 28.8 Å². The smallest absolute Gasteiger partial charge is 0.410 e. The Kier molecular flexibility index (Phi) is 12.3. The van der Waals surface area contributed by atoms with Crippen molar-refractivity contribution in [3.63, 3.8) is 0 Å². The molecule has 0 saturated heterocycles. The molecule has 0 fully saturated rings. The first-order chi connectivity index (χ1) is 24.7. The highest BCUT2D eigenvalue weighted by Gasteiger charge is 2.30. The standard InChI is InChI=1S/C38H35Cl2N5O5S2/c1-22(33(46)44-36-28(20-41)26-16-17-45(21-32(26)52-36)37(49)50-38(2,3)4)51-25-13-8-12-24(18-25)42-35(48)31(19-27-29(39)14-9-15-30(27)40)43-34(47)23-10-6-5-7-11-23/h5-15,18-19,22H,16-17,21H2,1-4H3,(H,42,48)(H,43,47)(H,44,46)/b31-19+. The molecule has 3 N–H and O–H groups in total. The highest BCUT2D eigenvalue weighted by Crippen LogP contribution is 2.38. The Labute approximate surface area is 320 Å². The zero-order valence-electron chi connectivity index (χ0n) is 28.7. The molecular formula is C38H35Cl2N5O5S2. The maximum absolute atomic E-state index is 13.6. The highest BCUT2D eigenvalue weighted by molar-refractivity contribution is 8.00. The molecule has 0 radical (unpaired) electrons. The first-order valence-corrected chi connectivity index (χ1v) is 18.6. The average molecular weight is 777 g/mol. The largest absolute Gasteiger partial charge is 0.444 e. The van der Waals surface area contributed by atoms with Crippen molar-refractivity contribution in [1.29, 1.82) is 5.26 Å². The fourth-order valence-electron chi connectivity index (χ4n) is 5.14. The van der Waals surface area contributed by atoms with Gasteiger partial charge in [-0.2, -0.15) is 5.26 Å². The number of nitrogens with one attached hydrogen (secondary N) is 3. The Hall–Kier alpha value is -4.80. The Balaban J connectivity index is 1.27. The van der Waals surface area contributed by atoms with Gasteiger partial charge in [0.05, 0.1) is 17.4 Å². The Morgan fingerprint density at radius 1 is 1.00 bits per heavy atom. The molecule has 2 heterocycles. The molecule has 1 aromatic heterocycles. The molecule has 0 saturated carbocycles. The Morgan fingerprint density at radius 3 is 2.37 bits per heavy atom. The lowest BCUT2D eigenvalue weighted by molar-refractivity contribution is -0.115. The lowest BCUT2D eigenvalue weighted by Crippen LogP contribution is -2.39. The van der Waals surface area contributed by atoms with E-state index in [1.807, 2.05) is 0 Å². The summed E-state index contributed by atoms with van der Waals surface area (Å²) in [6.07, 6.45) is 1.47. The van der Waals surface area contributed by atoms with E-state index >= 15 is 0 Å². The summed E-state index contributed by atoms with van der Waals surface area (Å²) in [6, 6.07) is 22.5. The third kappa shape index (κ3) is 9.74. The molecule has 0 spiro atoms. The predicted octanol–water partition coefficient (Wildman–Crippen LogP) is 8.75. The molecule has 1 aliphatic heterocycles. The van der Waals surface area contributed by atoms with Gasteiger partial charge < -0.3 is 25.6 Å². The number of amides is 4. The molecule has 268 valence electrons. The van der Waals surface area contributed by atoms with E-state index in [1.165, 1.54) is 29.2 Å². The maximum atomic E-state index is 13.6. The van der Waals surface area contributed by atoms with Crippen molar-refractivity contribution < 1.29 is 23.9 Å². The van der Waals surface area contributed by atoms with Crippen LogP contribution in [0.4, 0.5) is 15.5 Å². The van der Waals surface area contributed by atoms with Gasteiger partial charge in [0.25, 0.3) is 11.8 Å². The minimum Gasteiger partial charge on any atom is -0.444 e. The van der Waals surface area contributed by atoms with Gasteiger partial charge in [-0.3, -0.25) is 14.4 Å². The second-order valence-corrected chi connectivity index (χ2v) is 16.1. The number of thioether (sulfide) groups is 1. The van der Waals surface area contributed by atoms with Gasteiger partial charge >= 0.3 is 6.09 Å². The van der Waals surface area contributed by atoms with Crippen molar-refractivity contribution in [3.05, 3.63) is 116 Å². The highest BCUT2D eigenvalue weighted by atomic mass is 35.5. The molecule has 5 rings (SSSR count). The van der Waals surface area contributed by atoms with Gasteiger partial charge in [-0.05, 0) is 88.2 Å². The van der Waals surface area contributed by atoms with E-state index in [-0.39, 0.29) is 11.6 Å². The van der Waals surface area contributed by atoms with Crippen molar-refractivity contribution in [2.45, 2.75) is 56.4 Å². The summed E-state index contributed by atoms with van der Waals surface area (Å²) in [4.78, 5) is 55.8. The third-order valence-corrected chi connectivity index (χ3v) is 10.5. The maximum Gasteiger partial charge on any atom is 0.410 e. The number of ether oxygens (including phenoxy) is 1. The monoisotopic (exact) mass is 775 g/mol. The quantitative estimate of drug-likeness (QED) is 0.114. The average Bonchev–Trinajstić information content (AvgIpc) is 3.45. The summed E-state index contributed by atoms with van der Waals surface area (Å²) < 4.78 is 5.52. The number of benzene rings is 3. The number of halogens is 2. The normalized spacial score (nSPS) is 13.3. The van der Waals surface area contributed by atoms with Crippen LogP contribution < -0.4 is 16.0 Å². The van der Waals surface area contributed by atoms with Crippen LogP contribution >= 0.6 is 46.3 Å². The van der Waals surface area contributed by atoms with Crippen LogP contribution in [0.2, 0.25) is 10.0 Å². The minimum atomic E-state index is -0.630. The molecule has 4 amide bonds. The lowest BCUT2D eigenvalue weighted by atomic mass is 10.0. The number of nitriles is 1. The fourth-order valence-corrected chi connectivity index (χ4v) is 7.79. The van der Waals surface area contributed by atoms with Gasteiger partial charge in [-0.1, -0.05) is 53.5 Å². The van der Waals surface area contributed by atoms with Crippen molar-refractivity contribution in [1.82, 2.24) is 10.2 Å². The van der Waals surface area contributed by atoms with Gasteiger partial charge in [-0.15, -0.1) is 23.1 Å². The number of hydrogen-bond acceptors (Lipinski definition) is 8. The molecule has 52 heavy (non-hydrogen) atoms. The van der Waals surface area contributed by atoms with Crippen LogP contribution in [0.3, 0.4) is 0 Å². The summed E-state index contributed by atoms with van der Waals surface area (Å²) in [5, 5.41) is 18.8. The van der Waals surface area contributed by atoms with Crippen LogP contribution in [0.5, 0.6) is 0 Å². The van der Waals surface area contributed by atoms with Gasteiger partial charge in [0.2, 0.25) is 5.91 Å². The minimum absolute atomic E-state index is 0.0872. The zero-order chi connectivity index (χ0) is 37.6. The molecule has 0 aliphatic carbocycles. The van der Waals surface area contributed by atoms with Gasteiger partial charge in [0.1, 0.15) is 22.4 Å². The molecular weight excluding hydrogens is 741 g/mol.